The van der Waals surface area contributed by atoms with E-state index < -0.39 is 0 Å². The molecule has 0 spiro atoms. The highest BCUT2D eigenvalue weighted by atomic mass is 15.3. The molecule has 0 radical (unpaired) electrons. The highest BCUT2D eigenvalue weighted by Crippen LogP contribution is 1.92. The van der Waals surface area contributed by atoms with Gasteiger partial charge in [-0.2, -0.15) is 5.10 Å². The number of aromatic nitrogens is 2. The Balaban J connectivity index is 2.72. The summed E-state index contributed by atoms with van der Waals surface area (Å²) in [4.78, 5) is 3.67. The van der Waals surface area contributed by atoms with Crippen molar-refractivity contribution in [2.75, 3.05) is 0 Å². The van der Waals surface area contributed by atoms with Gasteiger partial charge < -0.3 is 0 Å². The largest absolute Gasteiger partial charge is 0.278 e. The van der Waals surface area contributed by atoms with Crippen molar-refractivity contribution in [3.05, 3.63) is 18.0 Å². The van der Waals surface area contributed by atoms with E-state index in [-0.39, 0.29) is 0 Å². The zero-order valence-corrected chi connectivity index (χ0v) is 5.41. The lowest BCUT2D eigenvalue weighted by Crippen LogP contribution is -1.93. The topological polar surface area (TPSA) is 30.2 Å². The number of hydrogen-bond donors (Lipinski definition) is 0. The minimum atomic E-state index is 0.549. The van der Waals surface area contributed by atoms with Crippen LogP contribution in [-0.2, 0) is 6.67 Å². The van der Waals surface area contributed by atoms with Crippen LogP contribution in [0.5, 0.6) is 0 Å². The fourth-order valence-electron chi connectivity index (χ4n) is 0.647. The van der Waals surface area contributed by atoms with Gasteiger partial charge >= 0.3 is 0 Å². The van der Waals surface area contributed by atoms with Gasteiger partial charge in [-0.1, -0.05) is 0 Å². The molecule has 48 valence electrons. The lowest BCUT2D eigenvalue weighted by Gasteiger charge is -1.89. The second-order valence-corrected chi connectivity index (χ2v) is 1.92. The molecule has 1 aromatic rings. The van der Waals surface area contributed by atoms with Crippen molar-refractivity contribution in [3.8, 4) is 0 Å². The minimum Gasteiger partial charge on any atom is -0.278 e. The molecule has 0 fully saturated rings. The van der Waals surface area contributed by atoms with Crippen molar-refractivity contribution in [1.29, 1.82) is 0 Å². The third-order valence-electron chi connectivity index (χ3n) is 1.01. The maximum absolute atomic E-state index is 3.99. The molecule has 0 N–H and O–H groups in total. The summed E-state index contributed by atoms with van der Waals surface area (Å²) in [6, 6.07) is 0. The van der Waals surface area contributed by atoms with Crippen molar-refractivity contribution in [1.82, 2.24) is 9.78 Å². The Labute approximate surface area is 54.0 Å². The SMILES string of the molecule is C=NCn1cc(C)cn1. The molecule has 0 saturated carbocycles. The fraction of sp³-hybridized carbons (Fsp3) is 0.333. The average Bonchev–Trinajstić information content (AvgIpc) is 2.17. The third kappa shape index (κ3) is 1.38. The van der Waals surface area contributed by atoms with Gasteiger partial charge in [-0.3, -0.25) is 9.67 Å². The van der Waals surface area contributed by atoms with Crippen molar-refractivity contribution in [2.24, 2.45) is 4.99 Å². The summed E-state index contributed by atoms with van der Waals surface area (Å²) < 4.78 is 1.74. The summed E-state index contributed by atoms with van der Waals surface area (Å²) in [5.41, 5.74) is 1.15. The first-order valence-electron chi connectivity index (χ1n) is 2.74. The molecule has 0 atom stereocenters. The predicted octanol–water partition coefficient (Wildman–Crippen LogP) is 0.850. The van der Waals surface area contributed by atoms with Gasteiger partial charge in [0.2, 0.25) is 0 Å². The summed E-state index contributed by atoms with van der Waals surface area (Å²) in [6.07, 6.45) is 3.72. The van der Waals surface area contributed by atoms with Crippen LogP contribution in [-0.4, -0.2) is 16.5 Å². The standard InChI is InChI=1S/C6H9N3/c1-6-3-8-9(4-6)5-7-2/h3-4H,2,5H2,1H3. The normalized spacial score (nSPS) is 9.44. The first-order chi connectivity index (χ1) is 4.33. The van der Waals surface area contributed by atoms with Gasteiger partial charge in [-0.05, 0) is 19.2 Å². The highest BCUT2D eigenvalue weighted by Gasteiger charge is 1.87. The van der Waals surface area contributed by atoms with Crippen LogP contribution >= 0.6 is 0 Å². The Kier molecular flexibility index (Phi) is 1.63. The van der Waals surface area contributed by atoms with E-state index in [1.54, 1.807) is 10.9 Å². The van der Waals surface area contributed by atoms with Gasteiger partial charge in [0.05, 0.1) is 6.20 Å². The van der Waals surface area contributed by atoms with E-state index in [9.17, 15) is 0 Å². The maximum Gasteiger partial charge on any atom is 0.130 e. The number of hydrogen-bond acceptors (Lipinski definition) is 2. The Morgan fingerprint density at radius 3 is 3.11 bits per heavy atom. The summed E-state index contributed by atoms with van der Waals surface area (Å²) in [7, 11) is 0. The molecule has 3 heteroatoms. The van der Waals surface area contributed by atoms with Crippen LogP contribution in [0.2, 0.25) is 0 Å². The van der Waals surface area contributed by atoms with Gasteiger partial charge in [-0.25, -0.2) is 0 Å². The van der Waals surface area contributed by atoms with E-state index >= 15 is 0 Å². The molecule has 1 aromatic heterocycles. The Hall–Kier alpha value is -1.12. The summed E-state index contributed by atoms with van der Waals surface area (Å²) in [5, 5.41) is 3.99. The van der Waals surface area contributed by atoms with Gasteiger partial charge in [0.25, 0.3) is 0 Å². The van der Waals surface area contributed by atoms with Crippen molar-refractivity contribution in [2.45, 2.75) is 13.6 Å². The van der Waals surface area contributed by atoms with Crippen LogP contribution < -0.4 is 0 Å². The predicted molar refractivity (Wildman–Crippen MR) is 36.5 cm³/mol. The monoisotopic (exact) mass is 123 g/mol. The molecule has 0 saturated heterocycles. The molecule has 0 bridgehead atoms. The molecule has 0 unspecified atom stereocenters. The number of nitrogens with zero attached hydrogens (tertiary/aromatic N) is 3. The van der Waals surface area contributed by atoms with E-state index in [1.807, 2.05) is 13.1 Å². The Morgan fingerprint density at radius 2 is 2.67 bits per heavy atom. The van der Waals surface area contributed by atoms with Crippen molar-refractivity contribution < 1.29 is 0 Å². The Morgan fingerprint density at radius 1 is 1.89 bits per heavy atom. The zero-order valence-electron chi connectivity index (χ0n) is 5.41. The molecule has 1 heterocycles. The highest BCUT2D eigenvalue weighted by molar-refractivity contribution is 5.22. The molecule has 0 aliphatic rings. The van der Waals surface area contributed by atoms with Gasteiger partial charge in [0.1, 0.15) is 6.67 Å². The number of aryl methyl sites for hydroxylation is 1. The van der Waals surface area contributed by atoms with Crippen LogP contribution in [0, 0.1) is 6.92 Å². The average molecular weight is 123 g/mol. The number of rotatable bonds is 2. The maximum atomic E-state index is 3.99. The summed E-state index contributed by atoms with van der Waals surface area (Å²) >= 11 is 0. The molecular weight excluding hydrogens is 114 g/mol. The molecule has 1 rings (SSSR count). The summed E-state index contributed by atoms with van der Waals surface area (Å²) in [5.74, 6) is 0. The van der Waals surface area contributed by atoms with Gasteiger partial charge in [-0.15, -0.1) is 0 Å². The van der Waals surface area contributed by atoms with Crippen LogP contribution in [0.15, 0.2) is 17.4 Å². The van der Waals surface area contributed by atoms with Crippen LogP contribution in [0.4, 0.5) is 0 Å². The van der Waals surface area contributed by atoms with E-state index in [1.165, 1.54) is 0 Å². The first kappa shape index (κ1) is 6.01. The first-order valence-corrected chi connectivity index (χ1v) is 2.74. The van der Waals surface area contributed by atoms with Crippen LogP contribution in [0.1, 0.15) is 5.56 Å². The molecule has 0 amide bonds. The quantitative estimate of drug-likeness (QED) is 0.536. The zero-order chi connectivity index (χ0) is 6.69. The molecule has 9 heavy (non-hydrogen) atoms. The second-order valence-electron chi connectivity index (χ2n) is 1.92. The molecule has 0 aromatic carbocycles. The molecular formula is C6H9N3. The van der Waals surface area contributed by atoms with E-state index in [2.05, 4.69) is 16.8 Å². The molecule has 3 nitrogen and oxygen atoms in total. The van der Waals surface area contributed by atoms with Crippen LogP contribution in [0.3, 0.4) is 0 Å². The minimum absolute atomic E-state index is 0.549. The van der Waals surface area contributed by atoms with E-state index in [4.69, 9.17) is 0 Å². The fourth-order valence-corrected chi connectivity index (χ4v) is 0.647. The van der Waals surface area contributed by atoms with Crippen molar-refractivity contribution in [3.63, 3.8) is 0 Å². The molecule has 0 aliphatic carbocycles. The van der Waals surface area contributed by atoms with Crippen LogP contribution in [0.25, 0.3) is 0 Å². The van der Waals surface area contributed by atoms with E-state index in [0.717, 1.165) is 5.56 Å². The smallest absolute Gasteiger partial charge is 0.130 e. The van der Waals surface area contributed by atoms with E-state index in [0.29, 0.717) is 6.67 Å². The van der Waals surface area contributed by atoms with Gasteiger partial charge in [0.15, 0.2) is 0 Å². The second kappa shape index (κ2) is 2.44. The molecule has 0 aliphatic heterocycles. The van der Waals surface area contributed by atoms with Gasteiger partial charge in [0, 0.05) is 6.20 Å². The lowest BCUT2D eigenvalue weighted by atomic mass is 10.4. The number of aliphatic imine (C=N–C) groups is 1. The summed E-state index contributed by atoms with van der Waals surface area (Å²) in [6.45, 7) is 5.90. The Bertz CT molecular complexity index is 202. The lowest BCUT2D eigenvalue weighted by molar-refractivity contribution is 0.643. The van der Waals surface area contributed by atoms with Crippen molar-refractivity contribution >= 4 is 6.72 Å². The third-order valence-corrected chi connectivity index (χ3v) is 1.01.